The smallest absolute Gasteiger partial charge is 0.191 e. The zero-order valence-corrected chi connectivity index (χ0v) is 18.2. The second kappa shape index (κ2) is 8.10. The number of thioether (sulfide) groups is 2. The molecule has 0 aliphatic heterocycles. The lowest BCUT2D eigenvalue weighted by molar-refractivity contribution is 0.102. The number of H-pyrrole nitrogens is 1. The summed E-state index contributed by atoms with van der Waals surface area (Å²) in [7, 11) is 1.94. The summed E-state index contributed by atoms with van der Waals surface area (Å²) in [5, 5.41) is 9.29. The summed E-state index contributed by atoms with van der Waals surface area (Å²) in [5.41, 5.74) is 3.68. The summed E-state index contributed by atoms with van der Waals surface area (Å²) < 4.78 is 4.16. The number of hydrogen-bond donors (Lipinski definition) is 1. The highest BCUT2D eigenvalue weighted by atomic mass is 32.2. The number of Topliss-reactive ketones (excluding diaryl/α,β-unsaturated/α-hetero) is 1. The first-order valence-corrected chi connectivity index (χ1v) is 11.5. The standard InChI is InChI=1S/C19H19N5OS3/c1-11-8-13(12(2)20-11)15(25)9-26-18-23-22-17(24(18)3)10-27-19-21-14-6-4-5-7-16(14)28-19/h4-8,20H,9-10H2,1-3H3. The van der Waals surface area contributed by atoms with Crippen LogP contribution in [0.15, 0.2) is 39.8 Å². The van der Waals surface area contributed by atoms with Gasteiger partial charge in [-0.3, -0.25) is 4.79 Å². The van der Waals surface area contributed by atoms with Gasteiger partial charge in [0.15, 0.2) is 15.3 Å². The fourth-order valence-corrected chi connectivity index (χ4v) is 5.72. The number of hydrogen-bond acceptors (Lipinski definition) is 7. The Kier molecular flexibility index (Phi) is 5.56. The predicted octanol–water partition coefficient (Wildman–Crippen LogP) is 4.64. The topological polar surface area (TPSA) is 76.5 Å². The molecule has 0 unspecified atom stereocenters. The highest BCUT2D eigenvalue weighted by Crippen LogP contribution is 2.31. The summed E-state index contributed by atoms with van der Waals surface area (Å²) in [6, 6.07) is 10.0. The molecule has 144 valence electrons. The SMILES string of the molecule is Cc1cc(C(=O)CSc2nnc(CSc3nc4ccccc4s3)n2C)c(C)[nH]1. The summed E-state index contributed by atoms with van der Waals surface area (Å²) in [5.74, 6) is 2.00. The third-order valence-electron chi connectivity index (χ3n) is 4.31. The molecule has 0 aliphatic carbocycles. The summed E-state index contributed by atoms with van der Waals surface area (Å²) in [4.78, 5) is 20.3. The fraction of sp³-hybridized carbons (Fsp3) is 0.263. The number of rotatable bonds is 7. The number of ketones is 1. The van der Waals surface area contributed by atoms with E-state index in [1.54, 1.807) is 23.1 Å². The van der Waals surface area contributed by atoms with Crippen LogP contribution in [0.1, 0.15) is 27.6 Å². The highest BCUT2D eigenvalue weighted by Gasteiger charge is 2.16. The zero-order valence-electron chi connectivity index (χ0n) is 15.7. The number of carbonyl (C=O) groups is 1. The van der Waals surface area contributed by atoms with Gasteiger partial charge in [0.1, 0.15) is 5.82 Å². The molecule has 6 nitrogen and oxygen atoms in total. The molecule has 0 amide bonds. The van der Waals surface area contributed by atoms with Crippen LogP contribution in [0.2, 0.25) is 0 Å². The molecule has 0 radical (unpaired) electrons. The minimum atomic E-state index is 0.0975. The molecule has 0 aliphatic rings. The number of benzene rings is 1. The first-order chi connectivity index (χ1) is 13.5. The minimum Gasteiger partial charge on any atom is -0.362 e. The van der Waals surface area contributed by atoms with E-state index in [2.05, 4.69) is 26.2 Å². The minimum absolute atomic E-state index is 0.0975. The molecule has 9 heteroatoms. The van der Waals surface area contributed by atoms with Gasteiger partial charge in [0.05, 0.1) is 21.7 Å². The Morgan fingerprint density at radius 1 is 1.21 bits per heavy atom. The van der Waals surface area contributed by atoms with Crippen LogP contribution in [0.25, 0.3) is 10.2 Å². The van der Waals surface area contributed by atoms with Gasteiger partial charge in [-0.2, -0.15) is 0 Å². The molecule has 0 bridgehead atoms. The Bertz CT molecular complexity index is 1110. The van der Waals surface area contributed by atoms with Gasteiger partial charge in [0.25, 0.3) is 0 Å². The van der Waals surface area contributed by atoms with Crippen molar-refractivity contribution in [2.45, 2.75) is 29.1 Å². The molecule has 0 fully saturated rings. The average Bonchev–Trinajstić information content (AvgIpc) is 3.34. The van der Waals surface area contributed by atoms with Gasteiger partial charge in [0, 0.05) is 24.0 Å². The van der Waals surface area contributed by atoms with Gasteiger partial charge in [-0.05, 0) is 32.0 Å². The summed E-state index contributed by atoms with van der Waals surface area (Å²) >= 11 is 4.76. The number of nitrogens with zero attached hydrogens (tertiary/aromatic N) is 4. The van der Waals surface area contributed by atoms with Gasteiger partial charge in [-0.1, -0.05) is 35.7 Å². The maximum Gasteiger partial charge on any atom is 0.191 e. The Morgan fingerprint density at radius 3 is 2.79 bits per heavy atom. The molecule has 0 saturated heterocycles. The van der Waals surface area contributed by atoms with Gasteiger partial charge in [0.2, 0.25) is 0 Å². The molecule has 1 N–H and O–H groups in total. The van der Waals surface area contributed by atoms with Gasteiger partial charge in [-0.15, -0.1) is 21.5 Å². The molecule has 0 spiro atoms. The van der Waals surface area contributed by atoms with E-state index in [4.69, 9.17) is 0 Å². The molecule has 0 atom stereocenters. The van der Waals surface area contributed by atoms with Crippen molar-refractivity contribution in [3.8, 4) is 0 Å². The number of carbonyl (C=O) groups excluding carboxylic acids is 1. The van der Waals surface area contributed by atoms with Crippen LogP contribution in [-0.2, 0) is 12.8 Å². The van der Waals surface area contributed by atoms with E-state index in [1.807, 2.05) is 49.7 Å². The molecule has 3 heterocycles. The van der Waals surface area contributed by atoms with Crippen molar-refractivity contribution in [1.29, 1.82) is 0 Å². The van der Waals surface area contributed by atoms with Crippen LogP contribution in [0.4, 0.5) is 0 Å². The van der Waals surface area contributed by atoms with Crippen molar-refractivity contribution in [1.82, 2.24) is 24.7 Å². The number of thiazole rings is 1. The number of para-hydroxylation sites is 1. The van der Waals surface area contributed by atoms with Gasteiger partial charge < -0.3 is 9.55 Å². The normalized spacial score (nSPS) is 11.4. The summed E-state index contributed by atoms with van der Waals surface area (Å²) in [6.45, 7) is 3.87. The molecule has 28 heavy (non-hydrogen) atoms. The Hall–Kier alpha value is -2.10. The maximum atomic E-state index is 12.5. The monoisotopic (exact) mass is 429 g/mol. The number of aromatic amines is 1. The van der Waals surface area contributed by atoms with E-state index >= 15 is 0 Å². The lowest BCUT2D eigenvalue weighted by Crippen LogP contribution is -2.05. The van der Waals surface area contributed by atoms with Crippen LogP contribution in [0.3, 0.4) is 0 Å². The fourth-order valence-electron chi connectivity index (χ4n) is 2.86. The van der Waals surface area contributed by atoms with Crippen LogP contribution in [0.5, 0.6) is 0 Å². The first kappa shape index (κ1) is 19.2. The quantitative estimate of drug-likeness (QED) is 0.341. The Morgan fingerprint density at radius 2 is 2.04 bits per heavy atom. The molecule has 4 aromatic rings. The third-order valence-corrected chi connectivity index (χ3v) is 7.50. The van der Waals surface area contributed by atoms with Crippen LogP contribution in [0, 0.1) is 13.8 Å². The number of aryl methyl sites for hydroxylation is 2. The average molecular weight is 430 g/mol. The van der Waals surface area contributed by atoms with Crippen molar-refractivity contribution in [3.63, 3.8) is 0 Å². The Labute approximate surface area is 175 Å². The number of fused-ring (bicyclic) bond motifs is 1. The van der Waals surface area contributed by atoms with Crippen molar-refractivity contribution in [2.24, 2.45) is 7.05 Å². The molecular formula is C19H19N5OS3. The van der Waals surface area contributed by atoms with E-state index in [1.165, 1.54) is 16.5 Å². The first-order valence-electron chi connectivity index (χ1n) is 8.70. The van der Waals surface area contributed by atoms with Gasteiger partial charge >= 0.3 is 0 Å². The lowest BCUT2D eigenvalue weighted by Gasteiger charge is -2.03. The molecular weight excluding hydrogens is 410 g/mol. The van der Waals surface area contributed by atoms with E-state index in [0.29, 0.717) is 11.5 Å². The predicted molar refractivity (Wildman–Crippen MR) is 116 cm³/mol. The third kappa shape index (κ3) is 4.01. The molecule has 1 aromatic carbocycles. The Balaban J connectivity index is 1.38. The maximum absolute atomic E-state index is 12.5. The van der Waals surface area contributed by atoms with Crippen molar-refractivity contribution in [3.05, 3.63) is 53.1 Å². The van der Waals surface area contributed by atoms with Crippen molar-refractivity contribution in [2.75, 3.05) is 5.75 Å². The number of aromatic nitrogens is 5. The van der Waals surface area contributed by atoms with Crippen LogP contribution in [-0.4, -0.2) is 36.3 Å². The number of nitrogens with one attached hydrogen (secondary N) is 1. The van der Waals surface area contributed by atoms with Crippen molar-refractivity contribution < 1.29 is 4.79 Å². The van der Waals surface area contributed by atoms with Crippen molar-refractivity contribution >= 4 is 50.9 Å². The van der Waals surface area contributed by atoms with E-state index < -0.39 is 0 Å². The highest BCUT2D eigenvalue weighted by molar-refractivity contribution is 8.00. The zero-order chi connectivity index (χ0) is 19.7. The van der Waals surface area contributed by atoms with Gasteiger partial charge in [-0.25, -0.2) is 4.98 Å². The van der Waals surface area contributed by atoms with E-state index in [9.17, 15) is 4.79 Å². The van der Waals surface area contributed by atoms with Crippen LogP contribution < -0.4 is 0 Å². The second-order valence-electron chi connectivity index (χ2n) is 6.40. The van der Waals surface area contributed by atoms with E-state index in [-0.39, 0.29) is 5.78 Å². The summed E-state index contributed by atoms with van der Waals surface area (Å²) in [6.07, 6.45) is 0. The molecule has 3 aromatic heterocycles. The van der Waals surface area contributed by atoms with E-state index in [0.717, 1.165) is 37.8 Å². The lowest BCUT2D eigenvalue weighted by atomic mass is 10.2. The van der Waals surface area contributed by atoms with Crippen LogP contribution >= 0.6 is 34.9 Å². The largest absolute Gasteiger partial charge is 0.362 e. The molecule has 0 saturated carbocycles. The molecule has 4 rings (SSSR count). The second-order valence-corrected chi connectivity index (χ2v) is 9.59.